The highest BCUT2D eigenvalue weighted by molar-refractivity contribution is 7.89. The van der Waals surface area contributed by atoms with Crippen LogP contribution in [0.5, 0.6) is 0 Å². The molecule has 1 fully saturated rings. The van der Waals surface area contributed by atoms with Gasteiger partial charge in [0.25, 0.3) is 5.69 Å². The fourth-order valence-electron chi connectivity index (χ4n) is 2.37. The van der Waals surface area contributed by atoms with Crippen molar-refractivity contribution in [1.82, 2.24) is 0 Å². The standard InChI is InChI=1S/C12H15N3O5S/c13-21(19,20)10-1-2-11(12(7-10)15(17)18)14-5-3-9(8-16)4-6-14/h1-2,7-9H,3-6H2,(H2,13,19,20). The number of sulfonamides is 1. The zero-order valence-electron chi connectivity index (χ0n) is 11.1. The molecule has 8 nitrogen and oxygen atoms in total. The Labute approximate surface area is 121 Å². The van der Waals surface area contributed by atoms with E-state index >= 15 is 0 Å². The minimum absolute atomic E-state index is 0.0241. The minimum Gasteiger partial charge on any atom is -0.366 e. The van der Waals surface area contributed by atoms with Crippen LogP contribution in [0.1, 0.15) is 12.8 Å². The second-order valence-corrected chi connectivity index (χ2v) is 6.47. The molecule has 1 aromatic rings. The Morgan fingerprint density at radius 1 is 1.33 bits per heavy atom. The predicted octanol–water partition coefficient (Wildman–Crippen LogP) is 0.658. The van der Waals surface area contributed by atoms with Gasteiger partial charge in [0.2, 0.25) is 10.0 Å². The number of aldehydes is 1. The number of nitrogens with two attached hydrogens (primary N) is 1. The fourth-order valence-corrected chi connectivity index (χ4v) is 2.90. The lowest BCUT2D eigenvalue weighted by Crippen LogP contribution is -2.34. The van der Waals surface area contributed by atoms with Crippen molar-refractivity contribution in [1.29, 1.82) is 0 Å². The highest BCUT2D eigenvalue weighted by atomic mass is 32.2. The second kappa shape index (κ2) is 5.78. The van der Waals surface area contributed by atoms with E-state index in [1.54, 1.807) is 4.90 Å². The Morgan fingerprint density at radius 3 is 2.43 bits per heavy atom. The van der Waals surface area contributed by atoms with E-state index in [1.807, 2.05) is 0 Å². The van der Waals surface area contributed by atoms with Gasteiger partial charge in [0.05, 0.1) is 9.82 Å². The Morgan fingerprint density at radius 2 is 1.95 bits per heavy atom. The smallest absolute Gasteiger partial charge is 0.293 e. The van der Waals surface area contributed by atoms with Gasteiger partial charge in [-0.1, -0.05) is 0 Å². The number of nitrogens with zero attached hydrogens (tertiary/aromatic N) is 2. The molecule has 1 heterocycles. The van der Waals surface area contributed by atoms with Crippen molar-refractivity contribution in [3.8, 4) is 0 Å². The average molecular weight is 313 g/mol. The Bertz CT molecular complexity index is 665. The van der Waals surface area contributed by atoms with Crippen LogP contribution in [-0.4, -0.2) is 32.7 Å². The highest BCUT2D eigenvalue weighted by Crippen LogP contribution is 2.32. The van der Waals surface area contributed by atoms with Crippen molar-refractivity contribution in [3.05, 3.63) is 28.3 Å². The number of carbonyl (C=O) groups excluding carboxylic acids is 1. The molecule has 0 radical (unpaired) electrons. The van der Waals surface area contributed by atoms with Gasteiger partial charge in [-0.2, -0.15) is 0 Å². The lowest BCUT2D eigenvalue weighted by atomic mass is 9.98. The number of hydrogen-bond acceptors (Lipinski definition) is 6. The first-order valence-electron chi connectivity index (χ1n) is 6.34. The first-order chi connectivity index (χ1) is 9.82. The van der Waals surface area contributed by atoms with E-state index in [9.17, 15) is 23.3 Å². The first kappa shape index (κ1) is 15.4. The molecule has 0 saturated carbocycles. The largest absolute Gasteiger partial charge is 0.366 e. The molecule has 0 unspecified atom stereocenters. The SMILES string of the molecule is NS(=O)(=O)c1ccc(N2CCC(C=O)CC2)c([N+](=O)[O-])c1. The molecule has 21 heavy (non-hydrogen) atoms. The van der Waals surface area contributed by atoms with Crippen LogP contribution in [-0.2, 0) is 14.8 Å². The van der Waals surface area contributed by atoms with Crippen LogP contribution in [0.3, 0.4) is 0 Å². The molecule has 0 bridgehead atoms. The molecule has 0 spiro atoms. The summed E-state index contributed by atoms with van der Waals surface area (Å²) in [6, 6.07) is 3.61. The number of benzene rings is 1. The van der Waals surface area contributed by atoms with E-state index in [4.69, 9.17) is 5.14 Å². The van der Waals surface area contributed by atoms with E-state index in [0.29, 0.717) is 31.6 Å². The number of nitro groups is 1. The summed E-state index contributed by atoms with van der Waals surface area (Å²) in [5, 5.41) is 16.1. The third kappa shape index (κ3) is 3.37. The fraction of sp³-hybridized carbons (Fsp3) is 0.417. The maximum atomic E-state index is 11.3. The van der Waals surface area contributed by atoms with E-state index in [-0.39, 0.29) is 16.5 Å². The molecule has 2 N–H and O–H groups in total. The number of primary sulfonamides is 1. The van der Waals surface area contributed by atoms with Crippen LogP contribution < -0.4 is 10.0 Å². The maximum Gasteiger partial charge on any atom is 0.293 e. The zero-order valence-corrected chi connectivity index (χ0v) is 12.0. The Kier molecular flexibility index (Phi) is 4.24. The topological polar surface area (TPSA) is 124 Å². The summed E-state index contributed by atoms with van der Waals surface area (Å²) in [6.07, 6.45) is 2.14. The lowest BCUT2D eigenvalue weighted by molar-refractivity contribution is -0.384. The van der Waals surface area contributed by atoms with Crippen LogP contribution in [0.25, 0.3) is 0 Å². The van der Waals surface area contributed by atoms with Crippen LogP contribution in [0, 0.1) is 16.0 Å². The summed E-state index contributed by atoms with van der Waals surface area (Å²) in [6.45, 7) is 1.03. The molecule has 9 heteroatoms. The summed E-state index contributed by atoms with van der Waals surface area (Å²) in [4.78, 5) is 22.7. The summed E-state index contributed by atoms with van der Waals surface area (Å²) < 4.78 is 22.6. The predicted molar refractivity (Wildman–Crippen MR) is 75.5 cm³/mol. The lowest BCUT2D eigenvalue weighted by Gasteiger charge is -2.31. The molecule has 0 amide bonds. The van der Waals surface area contributed by atoms with Gasteiger partial charge in [-0.05, 0) is 25.0 Å². The van der Waals surface area contributed by atoms with Gasteiger partial charge < -0.3 is 9.69 Å². The average Bonchev–Trinajstić information content (AvgIpc) is 2.45. The van der Waals surface area contributed by atoms with Crippen LogP contribution >= 0.6 is 0 Å². The number of carbonyl (C=O) groups is 1. The molecule has 114 valence electrons. The summed E-state index contributed by atoms with van der Waals surface area (Å²) in [7, 11) is -3.99. The minimum atomic E-state index is -3.99. The van der Waals surface area contributed by atoms with Crippen molar-refractivity contribution in [2.45, 2.75) is 17.7 Å². The molecular formula is C12H15N3O5S. The van der Waals surface area contributed by atoms with Crippen molar-refractivity contribution in [2.24, 2.45) is 11.1 Å². The molecule has 0 atom stereocenters. The van der Waals surface area contributed by atoms with Crippen molar-refractivity contribution in [2.75, 3.05) is 18.0 Å². The molecule has 1 aliphatic rings. The van der Waals surface area contributed by atoms with Crippen LogP contribution in [0.15, 0.2) is 23.1 Å². The van der Waals surface area contributed by atoms with E-state index in [0.717, 1.165) is 12.4 Å². The maximum absolute atomic E-state index is 11.3. The Hall–Kier alpha value is -2.00. The number of piperidine rings is 1. The van der Waals surface area contributed by atoms with Gasteiger partial charge in [-0.15, -0.1) is 0 Å². The highest BCUT2D eigenvalue weighted by Gasteiger charge is 2.26. The number of rotatable bonds is 4. The molecule has 1 aromatic carbocycles. The van der Waals surface area contributed by atoms with Crippen LogP contribution in [0.2, 0.25) is 0 Å². The molecule has 0 aliphatic carbocycles. The molecule has 1 saturated heterocycles. The van der Waals surface area contributed by atoms with E-state index < -0.39 is 14.9 Å². The third-order valence-electron chi connectivity index (χ3n) is 3.54. The molecule has 0 aromatic heterocycles. The van der Waals surface area contributed by atoms with Gasteiger partial charge in [0.15, 0.2) is 0 Å². The zero-order chi connectivity index (χ0) is 15.6. The second-order valence-electron chi connectivity index (χ2n) is 4.91. The van der Waals surface area contributed by atoms with Crippen molar-refractivity contribution >= 4 is 27.7 Å². The monoisotopic (exact) mass is 313 g/mol. The molecular weight excluding hydrogens is 298 g/mol. The van der Waals surface area contributed by atoms with Gasteiger partial charge in [0, 0.05) is 25.1 Å². The molecule has 2 rings (SSSR count). The normalized spacial score (nSPS) is 16.7. The van der Waals surface area contributed by atoms with Crippen molar-refractivity contribution < 1.29 is 18.1 Å². The number of nitro benzene ring substituents is 1. The van der Waals surface area contributed by atoms with Gasteiger partial charge in [-0.3, -0.25) is 10.1 Å². The van der Waals surface area contributed by atoms with Crippen molar-refractivity contribution in [3.63, 3.8) is 0 Å². The summed E-state index contributed by atoms with van der Waals surface area (Å²) in [5.41, 5.74) is 0.0443. The number of hydrogen-bond donors (Lipinski definition) is 1. The molecule has 1 aliphatic heterocycles. The van der Waals surface area contributed by atoms with Gasteiger partial charge in [-0.25, -0.2) is 13.6 Å². The van der Waals surface area contributed by atoms with E-state index in [2.05, 4.69) is 0 Å². The Balaban J connectivity index is 2.36. The van der Waals surface area contributed by atoms with Gasteiger partial charge in [0.1, 0.15) is 12.0 Å². The van der Waals surface area contributed by atoms with Gasteiger partial charge >= 0.3 is 0 Å². The quantitative estimate of drug-likeness (QED) is 0.494. The van der Waals surface area contributed by atoms with Crippen LogP contribution in [0.4, 0.5) is 11.4 Å². The first-order valence-corrected chi connectivity index (χ1v) is 7.89. The van der Waals surface area contributed by atoms with E-state index in [1.165, 1.54) is 12.1 Å². The summed E-state index contributed by atoms with van der Waals surface area (Å²) >= 11 is 0. The summed E-state index contributed by atoms with van der Waals surface area (Å²) in [5.74, 6) is -0.0241. The number of anilines is 1. The third-order valence-corrected chi connectivity index (χ3v) is 4.46.